The number of phenols is 2. The molecule has 0 bridgehead atoms. The maximum absolute atomic E-state index is 11.9. The molecule has 8 heteroatoms. The zero-order valence-corrected chi connectivity index (χ0v) is 23.8. The number of aryl methyl sites for hydroxylation is 4. The van der Waals surface area contributed by atoms with Gasteiger partial charge in [-0.1, -0.05) is 94.2 Å². The molecule has 0 aliphatic heterocycles. The first-order valence-corrected chi connectivity index (χ1v) is 13.8. The van der Waals surface area contributed by atoms with Crippen LogP contribution in [0.3, 0.4) is 0 Å². The fourth-order valence-electron chi connectivity index (χ4n) is 5.37. The molecule has 2 heterocycles. The number of phenolic OH excluding ortho intramolecular Hbond substituents is 2. The number of aromatic nitrogens is 2. The summed E-state index contributed by atoms with van der Waals surface area (Å²) in [5, 5.41) is 40.4. The van der Waals surface area contributed by atoms with E-state index in [4.69, 9.17) is 9.05 Å². The van der Waals surface area contributed by atoms with Crippen LogP contribution in [0.2, 0.25) is 0 Å². The first-order chi connectivity index (χ1) is 20.3. The van der Waals surface area contributed by atoms with Crippen molar-refractivity contribution >= 4 is 22.4 Å². The molecule has 0 radical (unpaired) electrons. The number of fused-ring (bicyclic) bond motifs is 1. The molecule has 4 aromatic carbocycles. The molecule has 0 aliphatic rings. The molecule has 0 saturated carbocycles. The Kier molecular flexibility index (Phi) is 7.04. The maximum atomic E-state index is 11.9. The molecule has 2 aromatic heterocycles. The van der Waals surface area contributed by atoms with Crippen LogP contribution in [0.1, 0.15) is 57.0 Å². The van der Waals surface area contributed by atoms with Crippen molar-refractivity contribution in [1.29, 1.82) is 0 Å². The molecular formula is C34H32N4O4. The number of nitrogens with zero attached hydrogens (tertiary/aromatic N) is 2. The van der Waals surface area contributed by atoms with Gasteiger partial charge in [-0.2, -0.15) is 0 Å². The Labute approximate surface area is 243 Å². The summed E-state index contributed by atoms with van der Waals surface area (Å²) >= 11 is 0. The van der Waals surface area contributed by atoms with Gasteiger partial charge in [0.2, 0.25) is 0 Å². The van der Waals surface area contributed by atoms with Gasteiger partial charge in [0.25, 0.3) is 0 Å². The minimum absolute atomic E-state index is 0.225. The summed E-state index contributed by atoms with van der Waals surface area (Å²) in [6.45, 7) is 7.69. The molecule has 6 rings (SSSR count). The Bertz CT molecular complexity index is 1720. The SMILES string of the molecule is Cc1ccc([C@@H](Nc2cc(C)on2)c2c(O)c(O)c([C@H](Nc3cc(C)on3)c3ccc(C)cc3)c3ccccc23)cc1. The number of aromatic hydroxyl groups is 2. The van der Waals surface area contributed by atoms with Gasteiger partial charge in [-0.15, -0.1) is 0 Å². The first kappa shape index (κ1) is 27.0. The van der Waals surface area contributed by atoms with Gasteiger partial charge in [-0.05, 0) is 49.6 Å². The molecule has 0 amide bonds. The fraction of sp³-hybridized carbons (Fsp3) is 0.176. The highest BCUT2D eigenvalue weighted by Crippen LogP contribution is 2.49. The maximum Gasteiger partial charge on any atom is 0.170 e. The average molecular weight is 561 g/mol. The third-order valence-corrected chi connectivity index (χ3v) is 7.48. The van der Waals surface area contributed by atoms with Crippen molar-refractivity contribution in [3.63, 3.8) is 0 Å². The molecule has 6 aromatic rings. The lowest BCUT2D eigenvalue weighted by Gasteiger charge is -2.27. The van der Waals surface area contributed by atoms with Crippen molar-refractivity contribution in [2.75, 3.05) is 10.6 Å². The summed E-state index contributed by atoms with van der Waals surface area (Å²) in [4.78, 5) is 0. The highest BCUT2D eigenvalue weighted by atomic mass is 16.5. The Morgan fingerprint density at radius 2 is 0.952 bits per heavy atom. The van der Waals surface area contributed by atoms with Crippen molar-refractivity contribution < 1.29 is 19.3 Å². The quantitative estimate of drug-likeness (QED) is 0.139. The summed E-state index contributed by atoms with van der Waals surface area (Å²) < 4.78 is 10.6. The third-order valence-electron chi connectivity index (χ3n) is 7.48. The number of hydrogen-bond donors (Lipinski definition) is 4. The number of hydrogen-bond acceptors (Lipinski definition) is 8. The molecule has 2 atom stereocenters. The molecule has 0 saturated heterocycles. The van der Waals surface area contributed by atoms with Crippen molar-refractivity contribution in [3.8, 4) is 11.5 Å². The van der Waals surface area contributed by atoms with Gasteiger partial charge in [0.1, 0.15) is 11.5 Å². The number of rotatable bonds is 8. The Hall–Kier alpha value is -5.24. The molecule has 0 aliphatic carbocycles. The monoisotopic (exact) mass is 560 g/mol. The van der Waals surface area contributed by atoms with Crippen LogP contribution < -0.4 is 10.6 Å². The summed E-state index contributed by atoms with van der Waals surface area (Å²) in [5.74, 6) is 1.90. The topological polar surface area (TPSA) is 117 Å². The van der Waals surface area contributed by atoms with Gasteiger partial charge >= 0.3 is 0 Å². The van der Waals surface area contributed by atoms with E-state index in [1.54, 1.807) is 12.1 Å². The summed E-state index contributed by atoms with van der Waals surface area (Å²) in [7, 11) is 0. The van der Waals surface area contributed by atoms with Crippen LogP contribution in [0.4, 0.5) is 11.6 Å². The second-order valence-corrected chi connectivity index (χ2v) is 10.7. The highest BCUT2D eigenvalue weighted by Gasteiger charge is 2.30. The van der Waals surface area contributed by atoms with E-state index < -0.39 is 12.1 Å². The molecule has 8 nitrogen and oxygen atoms in total. The molecule has 4 N–H and O–H groups in total. The van der Waals surface area contributed by atoms with E-state index in [-0.39, 0.29) is 11.5 Å². The van der Waals surface area contributed by atoms with Crippen molar-refractivity contribution in [2.24, 2.45) is 0 Å². The number of anilines is 2. The van der Waals surface area contributed by atoms with Crippen molar-refractivity contribution in [1.82, 2.24) is 10.3 Å². The van der Waals surface area contributed by atoms with Gasteiger partial charge in [0, 0.05) is 23.3 Å². The van der Waals surface area contributed by atoms with Gasteiger partial charge < -0.3 is 29.9 Å². The predicted octanol–water partition coefficient (Wildman–Crippen LogP) is 7.86. The van der Waals surface area contributed by atoms with E-state index in [0.29, 0.717) is 34.3 Å². The van der Waals surface area contributed by atoms with Crippen LogP contribution >= 0.6 is 0 Å². The van der Waals surface area contributed by atoms with E-state index in [1.807, 2.05) is 100 Å². The van der Waals surface area contributed by atoms with Gasteiger partial charge in [0.15, 0.2) is 23.1 Å². The summed E-state index contributed by atoms with van der Waals surface area (Å²) in [6, 6.07) is 26.3. The number of nitrogens with one attached hydrogen (secondary N) is 2. The Morgan fingerprint density at radius 3 is 1.29 bits per heavy atom. The van der Waals surface area contributed by atoms with E-state index in [9.17, 15) is 10.2 Å². The van der Waals surface area contributed by atoms with E-state index in [1.165, 1.54) is 0 Å². The average Bonchev–Trinajstić information content (AvgIpc) is 3.60. The van der Waals surface area contributed by atoms with E-state index in [2.05, 4.69) is 20.9 Å². The van der Waals surface area contributed by atoms with Crippen LogP contribution in [0.25, 0.3) is 10.8 Å². The fourth-order valence-corrected chi connectivity index (χ4v) is 5.37. The Morgan fingerprint density at radius 1 is 0.571 bits per heavy atom. The Balaban J connectivity index is 1.58. The summed E-state index contributed by atoms with van der Waals surface area (Å²) in [5.41, 5.74) is 5.04. The van der Waals surface area contributed by atoms with Gasteiger partial charge in [-0.25, -0.2) is 0 Å². The lowest BCUT2D eigenvalue weighted by atomic mass is 9.86. The van der Waals surface area contributed by atoms with E-state index >= 15 is 0 Å². The molecule has 0 unspecified atom stereocenters. The van der Waals surface area contributed by atoms with E-state index in [0.717, 1.165) is 33.0 Å². The van der Waals surface area contributed by atoms with Gasteiger partial charge in [0.05, 0.1) is 12.1 Å². The van der Waals surface area contributed by atoms with Crippen LogP contribution in [0.15, 0.2) is 94.0 Å². The molecule has 0 spiro atoms. The molecule has 212 valence electrons. The minimum atomic E-state index is -0.552. The third kappa shape index (κ3) is 5.14. The molecule has 42 heavy (non-hydrogen) atoms. The van der Waals surface area contributed by atoms with Crippen molar-refractivity contribution in [2.45, 2.75) is 39.8 Å². The smallest absolute Gasteiger partial charge is 0.170 e. The van der Waals surface area contributed by atoms with Crippen molar-refractivity contribution in [3.05, 3.63) is 130 Å². The second-order valence-electron chi connectivity index (χ2n) is 10.7. The minimum Gasteiger partial charge on any atom is -0.504 e. The van der Waals surface area contributed by atoms with Crippen LogP contribution in [-0.2, 0) is 0 Å². The first-order valence-electron chi connectivity index (χ1n) is 13.8. The lowest BCUT2D eigenvalue weighted by Crippen LogP contribution is -2.17. The highest BCUT2D eigenvalue weighted by molar-refractivity contribution is 5.95. The molecule has 0 fully saturated rings. The zero-order chi connectivity index (χ0) is 29.4. The normalized spacial score (nSPS) is 12.8. The van der Waals surface area contributed by atoms with Crippen LogP contribution in [-0.4, -0.2) is 20.5 Å². The molecular weight excluding hydrogens is 528 g/mol. The second kappa shape index (κ2) is 11.0. The zero-order valence-electron chi connectivity index (χ0n) is 23.8. The van der Waals surface area contributed by atoms with Crippen LogP contribution in [0, 0.1) is 27.7 Å². The number of benzene rings is 4. The standard InChI is InChI=1S/C34H32N4O4/c1-19-9-13-23(14-10-19)31(35-27-17-21(3)41-37-27)29-25-7-5-6-8-26(25)30(34(40)33(29)39)32(24-15-11-20(2)12-16-24)36-28-18-22(4)42-38-28/h5-18,31-32,39-40H,1-4H3,(H,35,37)(H,36,38)/t31-,32-/m1/s1. The van der Waals surface area contributed by atoms with Gasteiger partial charge in [-0.3, -0.25) is 0 Å². The predicted molar refractivity (Wildman–Crippen MR) is 163 cm³/mol. The van der Waals surface area contributed by atoms with Crippen LogP contribution in [0.5, 0.6) is 11.5 Å². The largest absolute Gasteiger partial charge is 0.504 e. The lowest BCUT2D eigenvalue weighted by molar-refractivity contribution is 0.393. The summed E-state index contributed by atoms with van der Waals surface area (Å²) in [6.07, 6.45) is 0.